The number of hydrogen-bond donors (Lipinski definition) is 1. The smallest absolute Gasteiger partial charge is 0.0714 e. The van der Waals surface area contributed by atoms with E-state index in [0.29, 0.717) is 5.92 Å². The molecule has 0 amide bonds. The second kappa shape index (κ2) is 3.39. The summed E-state index contributed by atoms with van der Waals surface area (Å²) in [4.78, 5) is 0. The molecule has 1 atom stereocenters. The molecule has 0 spiro atoms. The van der Waals surface area contributed by atoms with Crippen LogP contribution < -0.4 is 0 Å². The fraction of sp³-hybridized carbons (Fsp3) is 0.727. The summed E-state index contributed by atoms with van der Waals surface area (Å²) in [5.41, 5.74) is 0.659. The van der Waals surface area contributed by atoms with Crippen LogP contribution in [0.25, 0.3) is 0 Å². The van der Waals surface area contributed by atoms with Crippen molar-refractivity contribution in [2.45, 2.75) is 38.2 Å². The lowest BCUT2D eigenvalue weighted by Crippen LogP contribution is -2.33. The SMILES string of the molecule is CCC(O)(Cc1cnn(C)c1)C1CC1. The van der Waals surface area contributed by atoms with Crippen LogP contribution in [0.5, 0.6) is 0 Å². The Kier molecular flexibility index (Phi) is 2.35. The highest BCUT2D eigenvalue weighted by Gasteiger charge is 2.42. The Hall–Kier alpha value is -0.830. The number of hydrogen-bond acceptors (Lipinski definition) is 2. The molecule has 14 heavy (non-hydrogen) atoms. The van der Waals surface area contributed by atoms with Gasteiger partial charge < -0.3 is 5.11 Å². The third-order valence-electron chi connectivity index (χ3n) is 3.22. The summed E-state index contributed by atoms with van der Waals surface area (Å²) in [5.74, 6) is 0.521. The molecule has 3 nitrogen and oxygen atoms in total. The molecule has 1 aliphatic carbocycles. The minimum Gasteiger partial charge on any atom is -0.389 e. The molecule has 1 N–H and O–H groups in total. The fourth-order valence-electron chi connectivity index (χ4n) is 2.10. The zero-order chi connectivity index (χ0) is 10.2. The molecule has 0 bridgehead atoms. The summed E-state index contributed by atoms with van der Waals surface area (Å²) in [6, 6.07) is 0. The number of aryl methyl sites for hydroxylation is 1. The first-order valence-electron chi connectivity index (χ1n) is 5.34. The third kappa shape index (κ3) is 1.82. The van der Waals surface area contributed by atoms with Crippen molar-refractivity contribution in [2.75, 3.05) is 0 Å². The number of aliphatic hydroxyl groups is 1. The molecule has 1 fully saturated rings. The van der Waals surface area contributed by atoms with Gasteiger partial charge >= 0.3 is 0 Å². The van der Waals surface area contributed by atoms with E-state index in [1.807, 2.05) is 19.4 Å². The average molecular weight is 194 g/mol. The molecule has 1 aromatic heterocycles. The van der Waals surface area contributed by atoms with E-state index in [1.54, 1.807) is 4.68 Å². The van der Waals surface area contributed by atoms with Crippen LogP contribution in [0, 0.1) is 5.92 Å². The van der Waals surface area contributed by atoms with Gasteiger partial charge in [0.2, 0.25) is 0 Å². The molecule has 1 saturated carbocycles. The summed E-state index contributed by atoms with van der Waals surface area (Å²) in [5, 5.41) is 14.5. The summed E-state index contributed by atoms with van der Waals surface area (Å²) in [6.07, 6.45) is 7.80. The van der Waals surface area contributed by atoms with Crippen molar-refractivity contribution in [1.29, 1.82) is 0 Å². The highest BCUT2D eigenvalue weighted by atomic mass is 16.3. The van der Waals surface area contributed by atoms with Crippen LogP contribution in [0.3, 0.4) is 0 Å². The summed E-state index contributed by atoms with van der Waals surface area (Å²) >= 11 is 0. The summed E-state index contributed by atoms with van der Waals surface area (Å²) in [6.45, 7) is 2.06. The Morgan fingerprint density at radius 1 is 1.64 bits per heavy atom. The molecule has 1 aromatic rings. The number of rotatable bonds is 4. The lowest BCUT2D eigenvalue weighted by molar-refractivity contribution is 0.0139. The highest BCUT2D eigenvalue weighted by molar-refractivity contribution is 5.10. The predicted octanol–water partition coefficient (Wildman–Crippen LogP) is 1.51. The standard InChI is InChI=1S/C11H18N2O/c1-3-11(14,10-4-5-10)6-9-7-12-13(2)8-9/h7-8,10,14H,3-6H2,1-2H3. The van der Waals surface area contributed by atoms with E-state index in [9.17, 15) is 5.11 Å². The van der Waals surface area contributed by atoms with Gasteiger partial charge in [0.25, 0.3) is 0 Å². The number of nitrogens with zero attached hydrogens (tertiary/aromatic N) is 2. The first-order valence-corrected chi connectivity index (χ1v) is 5.34. The minimum absolute atomic E-state index is 0.483. The van der Waals surface area contributed by atoms with Crippen LogP contribution in [-0.2, 0) is 13.5 Å². The molecule has 3 heteroatoms. The first kappa shape index (κ1) is 9.71. The van der Waals surface area contributed by atoms with Crippen molar-refractivity contribution in [1.82, 2.24) is 9.78 Å². The van der Waals surface area contributed by atoms with Gasteiger partial charge in [0.1, 0.15) is 0 Å². The van der Waals surface area contributed by atoms with Crippen molar-refractivity contribution in [3.8, 4) is 0 Å². The van der Waals surface area contributed by atoms with E-state index in [2.05, 4.69) is 12.0 Å². The molecule has 0 aliphatic heterocycles. The van der Waals surface area contributed by atoms with Gasteiger partial charge in [-0.15, -0.1) is 0 Å². The van der Waals surface area contributed by atoms with Gasteiger partial charge in [-0.05, 0) is 30.7 Å². The Labute approximate surface area is 84.7 Å². The van der Waals surface area contributed by atoms with Crippen LogP contribution in [0.15, 0.2) is 12.4 Å². The normalized spacial score (nSPS) is 20.8. The maximum atomic E-state index is 10.4. The molecule has 1 aliphatic rings. The third-order valence-corrected chi connectivity index (χ3v) is 3.22. The predicted molar refractivity (Wildman–Crippen MR) is 54.9 cm³/mol. The lowest BCUT2D eigenvalue weighted by atomic mass is 9.88. The van der Waals surface area contributed by atoms with Gasteiger partial charge in [0, 0.05) is 19.7 Å². The minimum atomic E-state index is -0.483. The largest absolute Gasteiger partial charge is 0.389 e. The Morgan fingerprint density at radius 2 is 2.36 bits per heavy atom. The monoisotopic (exact) mass is 194 g/mol. The van der Waals surface area contributed by atoms with Crippen LogP contribution in [0.4, 0.5) is 0 Å². The van der Waals surface area contributed by atoms with E-state index in [4.69, 9.17) is 0 Å². The van der Waals surface area contributed by atoms with E-state index < -0.39 is 5.60 Å². The van der Waals surface area contributed by atoms with Crippen molar-refractivity contribution in [3.05, 3.63) is 18.0 Å². The summed E-state index contributed by atoms with van der Waals surface area (Å²) < 4.78 is 1.79. The van der Waals surface area contributed by atoms with Crippen molar-refractivity contribution < 1.29 is 5.11 Å². The molecule has 2 rings (SSSR count). The van der Waals surface area contributed by atoms with Crippen LogP contribution in [-0.4, -0.2) is 20.5 Å². The summed E-state index contributed by atoms with van der Waals surface area (Å²) in [7, 11) is 1.91. The second-order valence-corrected chi connectivity index (χ2v) is 4.43. The molecule has 1 heterocycles. The van der Waals surface area contributed by atoms with Crippen LogP contribution >= 0.6 is 0 Å². The topological polar surface area (TPSA) is 38.1 Å². The molecule has 0 aromatic carbocycles. The van der Waals surface area contributed by atoms with E-state index in [0.717, 1.165) is 18.4 Å². The molecular weight excluding hydrogens is 176 g/mol. The molecular formula is C11H18N2O. The zero-order valence-corrected chi connectivity index (χ0v) is 8.90. The lowest BCUT2D eigenvalue weighted by Gasteiger charge is -2.26. The average Bonchev–Trinajstić information content (AvgIpc) is 2.93. The molecule has 78 valence electrons. The Balaban J connectivity index is 2.07. The van der Waals surface area contributed by atoms with Crippen molar-refractivity contribution in [3.63, 3.8) is 0 Å². The van der Waals surface area contributed by atoms with Gasteiger partial charge in [-0.1, -0.05) is 6.92 Å². The highest BCUT2D eigenvalue weighted by Crippen LogP contribution is 2.43. The van der Waals surface area contributed by atoms with E-state index >= 15 is 0 Å². The van der Waals surface area contributed by atoms with E-state index in [1.165, 1.54) is 12.8 Å². The Morgan fingerprint density at radius 3 is 2.79 bits per heavy atom. The van der Waals surface area contributed by atoms with Crippen molar-refractivity contribution in [2.24, 2.45) is 13.0 Å². The van der Waals surface area contributed by atoms with Gasteiger partial charge in [-0.2, -0.15) is 5.10 Å². The maximum absolute atomic E-state index is 10.4. The van der Waals surface area contributed by atoms with Crippen molar-refractivity contribution >= 4 is 0 Å². The molecule has 0 saturated heterocycles. The van der Waals surface area contributed by atoms with Gasteiger partial charge in [-0.25, -0.2) is 0 Å². The van der Waals surface area contributed by atoms with E-state index in [-0.39, 0.29) is 0 Å². The first-order chi connectivity index (χ1) is 6.64. The van der Waals surface area contributed by atoms with Crippen LogP contribution in [0.2, 0.25) is 0 Å². The quantitative estimate of drug-likeness (QED) is 0.789. The maximum Gasteiger partial charge on any atom is 0.0714 e. The van der Waals surface area contributed by atoms with Gasteiger partial charge in [-0.3, -0.25) is 4.68 Å². The van der Waals surface area contributed by atoms with Crippen LogP contribution in [0.1, 0.15) is 31.7 Å². The fourth-order valence-corrected chi connectivity index (χ4v) is 2.10. The van der Waals surface area contributed by atoms with Gasteiger partial charge in [0.15, 0.2) is 0 Å². The molecule has 0 radical (unpaired) electrons. The second-order valence-electron chi connectivity index (χ2n) is 4.43. The van der Waals surface area contributed by atoms with Gasteiger partial charge in [0.05, 0.1) is 11.8 Å². The Bertz CT molecular complexity index is 317. The zero-order valence-electron chi connectivity index (χ0n) is 8.90. The number of aromatic nitrogens is 2. The molecule has 1 unspecified atom stereocenters.